The molecule has 0 aliphatic carbocycles. The zero-order valence-corrected chi connectivity index (χ0v) is 15.5. The predicted octanol–water partition coefficient (Wildman–Crippen LogP) is 3.16. The SMILES string of the molecule is C=CC(=CC)c1cnn2c(N)c(C=O)c(C(C)CCN(C)CC)nc12. The molecule has 2 aromatic heterocycles. The number of anilines is 1. The number of nitrogens with zero attached hydrogens (tertiary/aromatic N) is 4. The van der Waals surface area contributed by atoms with Crippen LogP contribution in [0.25, 0.3) is 11.2 Å². The number of hydrogen-bond acceptors (Lipinski definition) is 5. The van der Waals surface area contributed by atoms with Crippen LogP contribution >= 0.6 is 0 Å². The van der Waals surface area contributed by atoms with Crippen molar-refractivity contribution < 1.29 is 4.79 Å². The van der Waals surface area contributed by atoms with Gasteiger partial charge in [-0.15, -0.1) is 0 Å². The van der Waals surface area contributed by atoms with Gasteiger partial charge >= 0.3 is 0 Å². The number of aldehydes is 1. The minimum Gasteiger partial charge on any atom is -0.383 e. The third kappa shape index (κ3) is 3.64. The monoisotopic (exact) mass is 341 g/mol. The molecule has 0 spiro atoms. The Morgan fingerprint density at radius 3 is 2.80 bits per heavy atom. The van der Waals surface area contributed by atoms with Crippen molar-refractivity contribution in [3.8, 4) is 0 Å². The third-order valence-electron chi connectivity index (χ3n) is 4.66. The van der Waals surface area contributed by atoms with Crippen LogP contribution in [0.2, 0.25) is 0 Å². The normalized spacial score (nSPS) is 13.4. The van der Waals surface area contributed by atoms with Gasteiger partial charge in [0, 0.05) is 11.5 Å². The molecule has 0 radical (unpaired) electrons. The quantitative estimate of drug-likeness (QED) is 0.589. The predicted molar refractivity (Wildman–Crippen MR) is 103 cm³/mol. The fourth-order valence-electron chi connectivity index (χ4n) is 2.84. The van der Waals surface area contributed by atoms with Crippen molar-refractivity contribution >= 4 is 23.3 Å². The van der Waals surface area contributed by atoms with E-state index in [2.05, 4.69) is 37.5 Å². The summed E-state index contributed by atoms with van der Waals surface area (Å²) in [4.78, 5) is 18.6. The number of hydrogen-bond donors (Lipinski definition) is 1. The second kappa shape index (κ2) is 8.07. The van der Waals surface area contributed by atoms with Gasteiger partial charge in [0.2, 0.25) is 0 Å². The summed E-state index contributed by atoms with van der Waals surface area (Å²) >= 11 is 0. The van der Waals surface area contributed by atoms with E-state index in [1.165, 1.54) is 4.52 Å². The van der Waals surface area contributed by atoms with Crippen molar-refractivity contribution in [1.29, 1.82) is 0 Å². The van der Waals surface area contributed by atoms with Crippen LogP contribution in [-0.4, -0.2) is 45.9 Å². The van der Waals surface area contributed by atoms with Crippen LogP contribution in [0.1, 0.15) is 54.7 Å². The molecule has 0 fully saturated rings. The molecule has 2 aromatic rings. The average Bonchev–Trinajstić information content (AvgIpc) is 3.04. The smallest absolute Gasteiger partial charge is 0.165 e. The van der Waals surface area contributed by atoms with Crippen molar-refractivity contribution in [2.45, 2.75) is 33.1 Å². The van der Waals surface area contributed by atoms with Crippen molar-refractivity contribution in [3.05, 3.63) is 41.7 Å². The molecular formula is C19H27N5O. The van der Waals surface area contributed by atoms with Gasteiger partial charge in [0.25, 0.3) is 0 Å². The summed E-state index contributed by atoms with van der Waals surface area (Å²) in [5, 5.41) is 4.30. The first-order valence-electron chi connectivity index (χ1n) is 8.58. The van der Waals surface area contributed by atoms with Gasteiger partial charge < -0.3 is 10.6 Å². The lowest BCUT2D eigenvalue weighted by atomic mass is 9.98. The molecular weight excluding hydrogens is 314 g/mol. The van der Waals surface area contributed by atoms with E-state index in [-0.39, 0.29) is 5.92 Å². The number of nitrogens with two attached hydrogens (primary N) is 1. The molecule has 1 atom stereocenters. The van der Waals surface area contributed by atoms with Gasteiger partial charge in [0.15, 0.2) is 11.9 Å². The lowest BCUT2D eigenvalue weighted by Gasteiger charge is -2.19. The van der Waals surface area contributed by atoms with Gasteiger partial charge in [0.1, 0.15) is 5.82 Å². The van der Waals surface area contributed by atoms with Crippen LogP contribution < -0.4 is 5.73 Å². The molecule has 0 aromatic carbocycles. The summed E-state index contributed by atoms with van der Waals surface area (Å²) in [7, 11) is 2.08. The molecule has 2 heterocycles. The Kier molecular flexibility index (Phi) is 6.09. The Morgan fingerprint density at radius 2 is 2.24 bits per heavy atom. The van der Waals surface area contributed by atoms with Gasteiger partial charge in [-0.05, 0) is 39.1 Å². The number of nitrogen functional groups attached to an aromatic ring is 1. The van der Waals surface area contributed by atoms with Gasteiger partial charge in [-0.3, -0.25) is 4.79 Å². The Hall–Kier alpha value is -2.47. The molecule has 2 N–H and O–H groups in total. The fraction of sp³-hybridized carbons (Fsp3) is 0.421. The van der Waals surface area contributed by atoms with Gasteiger partial charge in [-0.25, -0.2) is 4.98 Å². The first kappa shape index (κ1) is 18.9. The minimum absolute atomic E-state index is 0.113. The highest BCUT2D eigenvalue weighted by atomic mass is 16.1. The molecule has 6 heteroatoms. The molecule has 25 heavy (non-hydrogen) atoms. The topological polar surface area (TPSA) is 76.5 Å². The van der Waals surface area contributed by atoms with Crippen LogP contribution in [0.4, 0.5) is 5.82 Å². The standard InChI is InChI=1S/C19H27N5O/c1-6-14(7-2)15-11-21-24-18(20)16(12-25)17(22-19(15)24)13(4)9-10-23(5)8-3/h6-7,11-13H,1,8-10,20H2,2-5H3. The lowest BCUT2D eigenvalue weighted by Crippen LogP contribution is -2.21. The van der Waals surface area contributed by atoms with Crippen LogP contribution in [0.15, 0.2) is 24.9 Å². The van der Waals surface area contributed by atoms with Gasteiger partial charge in [0.05, 0.1) is 17.5 Å². The summed E-state index contributed by atoms with van der Waals surface area (Å²) in [5.41, 5.74) is 9.82. The number of carbonyl (C=O) groups is 1. The van der Waals surface area contributed by atoms with Crippen LogP contribution in [-0.2, 0) is 0 Å². The summed E-state index contributed by atoms with van der Waals surface area (Å²) in [5.74, 6) is 0.443. The first-order valence-corrected chi connectivity index (χ1v) is 8.58. The Bertz CT molecular complexity index is 806. The first-order chi connectivity index (χ1) is 12.0. The summed E-state index contributed by atoms with van der Waals surface area (Å²) in [6.07, 6.45) is 7.11. The molecule has 1 unspecified atom stereocenters. The molecule has 2 rings (SSSR count). The highest BCUT2D eigenvalue weighted by Crippen LogP contribution is 2.28. The zero-order chi connectivity index (χ0) is 18.6. The molecule has 0 aliphatic heterocycles. The second-order valence-corrected chi connectivity index (χ2v) is 6.24. The molecule has 0 bridgehead atoms. The van der Waals surface area contributed by atoms with E-state index in [4.69, 9.17) is 10.7 Å². The van der Waals surface area contributed by atoms with Crippen molar-refractivity contribution in [1.82, 2.24) is 19.5 Å². The number of carbonyl (C=O) groups excluding carboxylic acids is 1. The van der Waals surface area contributed by atoms with Gasteiger partial charge in [-0.1, -0.05) is 32.6 Å². The van der Waals surface area contributed by atoms with Gasteiger partial charge in [-0.2, -0.15) is 9.61 Å². The number of fused-ring (bicyclic) bond motifs is 1. The minimum atomic E-state index is 0.113. The fourth-order valence-corrected chi connectivity index (χ4v) is 2.84. The van der Waals surface area contributed by atoms with Crippen LogP contribution in [0.5, 0.6) is 0 Å². The van der Waals surface area contributed by atoms with Crippen LogP contribution in [0, 0.1) is 0 Å². The van der Waals surface area contributed by atoms with Crippen LogP contribution in [0.3, 0.4) is 0 Å². The number of rotatable bonds is 8. The summed E-state index contributed by atoms with van der Waals surface area (Å²) < 4.78 is 1.53. The largest absolute Gasteiger partial charge is 0.383 e. The Balaban J connectivity index is 2.56. The van der Waals surface area contributed by atoms with Crippen molar-refractivity contribution in [2.75, 3.05) is 25.9 Å². The van der Waals surface area contributed by atoms with E-state index in [0.717, 1.165) is 42.6 Å². The highest BCUT2D eigenvalue weighted by Gasteiger charge is 2.21. The maximum atomic E-state index is 11.6. The van der Waals surface area contributed by atoms with Crippen molar-refractivity contribution in [3.63, 3.8) is 0 Å². The van der Waals surface area contributed by atoms with Crippen molar-refractivity contribution in [2.24, 2.45) is 0 Å². The molecule has 0 aliphatic rings. The molecule has 0 amide bonds. The third-order valence-corrected chi connectivity index (χ3v) is 4.66. The highest BCUT2D eigenvalue weighted by molar-refractivity contribution is 5.87. The number of allylic oxidation sites excluding steroid dienone is 3. The molecule has 0 saturated heterocycles. The van der Waals surface area contributed by atoms with E-state index >= 15 is 0 Å². The Labute approximate surface area is 149 Å². The average molecular weight is 341 g/mol. The zero-order valence-electron chi connectivity index (χ0n) is 15.5. The van der Waals surface area contributed by atoms with E-state index in [9.17, 15) is 4.79 Å². The maximum absolute atomic E-state index is 11.6. The van der Waals surface area contributed by atoms with E-state index < -0.39 is 0 Å². The van der Waals surface area contributed by atoms with E-state index in [0.29, 0.717) is 17.0 Å². The number of aromatic nitrogens is 3. The molecule has 0 saturated carbocycles. The second-order valence-electron chi connectivity index (χ2n) is 6.24. The maximum Gasteiger partial charge on any atom is 0.165 e. The molecule has 6 nitrogen and oxygen atoms in total. The van der Waals surface area contributed by atoms with E-state index in [1.54, 1.807) is 12.3 Å². The Morgan fingerprint density at radius 1 is 1.52 bits per heavy atom. The summed E-state index contributed by atoms with van der Waals surface area (Å²) in [6, 6.07) is 0. The summed E-state index contributed by atoms with van der Waals surface area (Å²) in [6.45, 7) is 11.9. The molecule has 134 valence electrons. The van der Waals surface area contributed by atoms with E-state index in [1.807, 2.05) is 13.0 Å². The lowest BCUT2D eigenvalue weighted by molar-refractivity contribution is 0.112.